The molecular formula is C13H15NO5. The first-order valence-electron chi connectivity index (χ1n) is 6.14. The van der Waals surface area contributed by atoms with Crippen molar-refractivity contribution in [2.45, 2.75) is 37.6 Å². The van der Waals surface area contributed by atoms with Gasteiger partial charge in [-0.3, -0.25) is 9.59 Å². The molecule has 1 aromatic rings. The minimum atomic E-state index is -0.929. The van der Waals surface area contributed by atoms with Crippen LogP contribution in [0.3, 0.4) is 0 Å². The minimum absolute atomic E-state index is 0.0878. The minimum Gasteiger partial charge on any atom is -0.481 e. The van der Waals surface area contributed by atoms with Crippen molar-refractivity contribution in [1.82, 2.24) is 5.32 Å². The molecular weight excluding hydrogens is 250 g/mol. The third-order valence-electron chi connectivity index (χ3n) is 3.39. The van der Waals surface area contributed by atoms with Crippen molar-refractivity contribution < 1.29 is 19.1 Å². The Bertz CT molecular complexity index is 522. The van der Waals surface area contributed by atoms with Crippen molar-refractivity contribution in [2.75, 3.05) is 0 Å². The van der Waals surface area contributed by atoms with Gasteiger partial charge in [-0.05, 0) is 18.9 Å². The number of carbonyl (C=O) groups excluding carboxylic acids is 1. The van der Waals surface area contributed by atoms with Crippen LogP contribution in [-0.2, 0) is 4.79 Å². The van der Waals surface area contributed by atoms with Gasteiger partial charge in [0.1, 0.15) is 6.26 Å². The average Bonchev–Trinajstić information content (AvgIpc) is 2.77. The lowest BCUT2D eigenvalue weighted by Gasteiger charge is -2.28. The smallest absolute Gasteiger partial charge is 0.335 e. The number of aliphatic carboxylic acids is 1. The van der Waals surface area contributed by atoms with E-state index in [0.717, 1.165) is 25.2 Å². The van der Waals surface area contributed by atoms with Crippen molar-refractivity contribution >= 4 is 11.9 Å². The van der Waals surface area contributed by atoms with E-state index in [1.807, 2.05) is 0 Å². The molecule has 2 N–H and O–H groups in total. The van der Waals surface area contributed by atoms with Crippen LogP contribution >= 0.6 is 0 Å². The quantitative estimate of drug-likeness (QED) is 0.851. The molecule has 19 heavy (non-hydrogen) atoms. The molecule has 0 radical (unpaired) electrons. The summed E-state index contributed by atoms with van der Waals surface area (Å²) in [6.45, 7) is 0. The van der Waals surface area contributed by atoms with Gasteiger partial charge in [0.25, 0.3) is 5.91 Å². The first-order chi connectivity index (χ1) is 9.01. The van der Waals surface area contributed by atoms with E-state index in [2.05, 4.69) is 9.73 Å². The Morgan fingerprint density at radius 2 is 2.00 bits per heavy atom. The maximum Gasteiger partial charge on any atom is 0.335 e. The fourth-order valence-corrected chi connectivity index (χ4v) is 2.49. The molecule has 0 aromatic carbocycles. The summed E-state index contributed by atoms with van der Waals surface area (Å²) in [4.78, 5) is 33.8. The number of carbonyl (C=O) groups is 2. The van der Waals surface area contributed by atoms with Crippen LogP contribution in [0, 0.1) is 0 Å². The lowest BCUT2D eigenvalue weighted by Crippen LogP contribution is -2.47. The van der Waals surface area contributed by atoms with Crippen LogP contribution in [-0.4, -0.2) is 22.5 Å². The van der Waals surface area contributed by atoms with Crippen LogP contribution in [0.15, 0.2) is 27.6 Å². The topological polar surface area (TPSA) is 96.6 Å². The van der Waals surface area contributed by atoms with E-state index >= 15 is 0 Å². The lowest BCUT2D eigenvalue weighted by atomic mass is 9.93. The van der Waals surface area contributed by atoms with Crippen LogP contribution in [0.25, 0.3) is 0 Å². The lowest BCUT2D eigenvalue weighted by molar-refractivity contribution is -0.138. The Kier molecular flexibility index (Phi) is 3.69. The predicted octanol–water partition coefficient (Wildman–Crippen LogP) is 1.16. The average molecular weight is 265 g/mol. The largest absolute Gasteiger partial charge is 0.481 e. The molecule has 1 aromatic heterocycles. The van der Waals surface area contributed by atoms with E-state index < -0.39 is 23.0 Å². The van der Waals surface area contributed by atoms with Crippen LogP contribution in [0.4, 0.5) is 0 Å². The molecule has 2 rings (SSSR count). The molecule has 1 aliphatic rings. The van der Waals surface area contributed by atoms with Gasteiger partial charge in [-0.2, -0.15) is 0 Å². The van der Waals surface area contributed by atoms with Crippen molar-refractivity contribution in [2.24, 2.45) is 0 Å². The summed E-state index contributed by atoms with van der Waals surface area (Å²) in [5, 5.41) is 11.7. The van der Waals surface area contributed by atoms with E-state index in [4.69, 9.17) is 5.11 Å². The van der Waals surface area contributed by atoms with E-state index in [9.17, 15) is 14.4 Å². The first-order valence-corrected chi connectivity index (χ1v) is 6.14. The van der Waals surface area contributed by atoms with Crippen LogP contribution in [0.5, 0.6) is 0 Å². The zero-order valence-electron chi connectivity index (χ0n) is 10.3. The molecule has 0 unspecified atom stereocenters. The highest BCUT2D eigenvalue weighted by Gasteiger charge is 2.37. The normalized spacial score (nSPS) is 17.1. The molecule has 0 bridgehead atoms. The third-order valence-corrected chi connectivity index (χ3v) is 3.39. The summed E-state index contributed by atoms with van der Waals surface area (Å²) < 4.78 is 4.63. The molecule has 1 heterocycles. The Labute approximate surface area is 109 Å². The second kappa shape index (κ2) is 5.26. The summed E-state index contributed by atoms with van der Waals surface area (Å²) >= 11 is 0. The number of carboxylic acid groups (broad SMARTS) is 1. The standard InChI is InChI=1S/C13H15NO5/c15-10(16)7-13(5-1-2-6-13)14-12(18)9-3-4-11(17)19-8-9/h3-4,8H,1-2,5-7H2,(H,14,18)(H,15,16). The molecule has 1 saturated carbocycles. The number of nitrogens with one attached hydrogen (secondary N) is 1. The van der Waals surface area contributed by atoms with Crippen molar-refractivity contribution in [1.29, 1.82) is 0 Å². The highest BCUT2D eigenvalue weighted by molar-refractivity contribution is 5.94. The van der Waals surface area contributed by atoms with Gasteiger partial charge in [0.05, 0.1) is 17.5 Å². The maximum absolute atomic E-state index is 12.0. The first kappa shape index (κ1) is 13.3. The SMILES string of the molecule is O=C(O)CC1(NC(=O)c2ccc(=O)oc2)CCCC1. The zero-order chi connectivity index (χ0) is 13.9. The summed E-state index contributed by atoms with van der Waals surface area (Å²) in [6, 6.07) is 2.53. The second-order valence-electron chi connectivity index (χ2n) is 4.86. The molecule has 6 heteroatoms. The van der Waals surface area contributed by atoms with Crippen molar-refractivity contribution in [3.63, 3.8) is 0 Å². The Morgan fingerprint density at radius 1 is 1.32 bits per heavy atom. The Balaban J connectivity index is 2.13. The van der Waals surface area contributed by atoms with Gasteiger partial charge in [-0.15, -0.1) is 0 Å². The molecule has 102 valence electrons. The van der Waals surface area contributed by atoms with Gasteiger partial charge in [-0.25, -0.2) is 4.79 Å². The molecule has 6 nitrogen and oxygen atoms in total. The van der Waals surface area contributed by atoms with Crippen molar-refractivity contribution in [3.8, 4) is 0 Å². The van der Waals surface area contributed by atoms with E-state index in [1.54, 1.807) is 0 Å². The third kappa shape index (κ3) is 3.21. The van der Waals surface area contributed by atoms with Gasteiger partial charge in [-0.1, -0.05) is 12.8 Å². The molecule has 1 amide bonds. The molecule has 1 aliphatic carbocycles. The molecule has 0 atom stereocenters. The molecule has 1 fully saturated rings. The van der Waals surface area contributed by atoms with Gasteiger partial charge < -0.3 is 14.8 Å². The van der Waals surface area contributed by atoms with Crippen LogP contribution < -0.4 is 10.9 Å². The molecule has 0 aliphatic heterocycles. The van der Waals surface area contributed by atoms with Gasteiger partial charge in [0.2, 0.25) is 0 Å². The number of rotatable bonds is 4. The number of amides is 1. The molecule has 0 saturated heterocycles. The van der Waals surface area contributed by atoms with Gasteiger partial charge >= 0.3 is 11.6 Å². The predicted molar refractivity (Wildman–Crippen MR) is 65.9 cm³/mol. The number of hydrogen-bond donors (Lipinski definition) is 2. The van der Waals surface area contributed by atoms with Crippen LogP contribution in [0.2, 0.25) is 0 Å². The zero-order valence-corrected chi connectivity index (χ0v) is 10.3. The van der Waals surface area contributed by atoms with Gasteiger partial charge in [0.15, 0.2) is 0 Å². The van der Waals surface area contributed by atoms with E-state index in [1.165, 1.54) is 6.07 Å². The van der Waals surface area contributed by atoms with Crippen LogP contribution in [0.1, 0.15) is 42.5 Å². The highest BCUT2D eigenvalue weighted by Crippen LogP contribution is 2.32. The summed E-state index contributed by atoms with van der Waals surface area (Å²) in [7, 11) is 0. The summed E-state index contributed by atoms with van der Waals surface area (Å²) in [5.74, 6) is -1.34. The maximum atomic E-state index is 12.0. The fourth-order valence-electron chi connectivity index (χ4n) is 2.49. The number of hydrogen-bond acceptors (Lipinski definition) is 4. The Hall–Kier alpha value is -2.11. The summed E-state index contributed by atoms with van der Waals surface area (Å²) in [5.41, 5.74) is -0.993. The number of carboxylic acids is 1. The monoisotopic (exact) mass is 265 g/mol. The van der Waals surface area contributed by atoms with E-state index in [0.29, 0.717) is 12.8 Å². The van der Waals surface area contributed by atoms with Gasteiger partial charge in [0, 0.05) is 6.07 Å². The summed E-state index contributed by atoms with van der Waals surface area (Å²) in [6.07, 6.45) is 4.11. The Morgan fingerprint density at radius 3 is 2.53 bits per heavy atom. The highest BCUT2D eigenvalue weighted by atomic mass is 16.4. The molecule has 0 spiro atoms. The fraction of sp³-hybridized carbons (Fsp3) is 0.462. The second-order valence-corrected chi connectivity index (χ2v) is 4.86. The van der Waals surface area contributed by atoms with E-state index in [-0.39, 0.29) is 12.0 Å². The van der Waals surface area contributed by atoms with Crippen molar-refractivity contribution in [3.05, 3.63) is 34.4 Å².